The second-order valence-electron chi connectivity index (χ2n) is 13.8. The van der Waals surface area contributed by atoms with Gasteiger partial charge in [0.25, 0.3) is 0 Å². The van der Waals surface area contributed by atoms with Crippen molar-refractivity contribution >= 4 is 22.0 Å². The van der Waals surface area contributed by atoms with E-state index >= 15 is 0 Å². The summed E-state index contributed by atoms with van der Waals surface area (Å²) in [4.78, 5) is 9.30. The summed E-state index contributed by atoms with van der Waals surface area (Å²) in [6.07, 6.45) is 4.55. The molecule has 0 aliphatic rings. The number of rotatable bonds is 6. The first kappa shape index (κ1) is 31.4. The average molecular weight is 932 g/mol. The number of pyridine rings is 1. The van der Waals surface area contributed by atoms with Gasteiger partial charge in [0.15, 0.2) is 0 Å². The molecular weight excluding hydrogens is 887 g/mol. The largest absolute Gasteiger partial charge is 0.557 e. The van der Waals surface area contributed by atoms with E-state index in [1.165, 1.54) is 30.0 Å². The maximum absolute atomic E-state index is 7.28. The van der Waals surface area contributed by atoms with E-state index in [0.29, 0.717) is 11.3 Å². The fourth-order valence-corrected chi connectivity index (χ4v) is 7.20. The van der Waals surface area contributed by atoms with Gasteiger partial charge < -0.3 is 14.0 Å². The number of furan rings is 1. The Morgan fingerprint density at radius 3 is 1.86 bits per heavy atom. The van der Waals surface area contributed by atoms with E-state index in [1.54, 1.807) is 12.1 Å². The van der Waals surface area contributed by atoms with E-state index in [2.05, 4.69) is 162 Å². The summed E-state index contributed by atoms with van der Waals surface area (Å²) in [6.45, 7) is -2.18. The van der Waals surface area contributed by atoms with Crippen molar-refractivity contribution in [1.29, 1.82) is 0 Å². The van der Waals surface area contributed by atoms with Crippen LogP contribution >= 0.6 is 0 Å². The molecule has 283 valence electrons. The Morgan fingerprint density at radius 1 is 0.603 bits per heavy atom. The molecule has 0 bridgehead atoms. The molecule has 0 saturated carbocycles. The second kappa shape index (κ2) is 16.8. The zero-order valence-electron chi connectivity index (χ0n) is 37.4. The molecule has 0 amide bonds. The van der Waals surface area contributed by atoms with Crippen LogP contribution in [0.15, 0.2) is 187 Å². The third-order valence-corrected chi connectivity index (χ3v) is 9.91. The first-order valence-electron chi connectivity index (χ1n) is 21.6. The average Bonchev–Trinajstić information content (AvgIpc) is 3.91. The van der Waals surface area contributed by atoms with Crippen molar-refractivity contribution in [3.63, 3.8) is 0 Å². The maximum atomic E-state index is 7.28. The third-order valence-electron chi connectivity index (χ3n) is 9.91. The summed E-state index contributed by atoms with van der Waals surface area (Å²) in [5.74, 6) is 0.797. The van der Waals surface area contributed by atoms with Crippen LogP contribution < -0.4 is 0 Å². The first-order chi connectivity index (χ1) is 30.4. The number of benzene rings is 7. The Hall–Kier alpha value is -6.65. The van der Waals surface area contributed by atoms with Gasteiger partial charge in [-0.25, -0.2) is 0 Å². The number of hydrogen-bond donors (Lipinski definition) is 0. The van der Waals surface area contributed by atoms with E-state index in [-0.39, 0.29) is 31.2 Å². The number of fused-ring (bicyclic) bond motifs is 2. The van der Waals surface area contributed by atoms with Crippen LogP contribution in [-0.2, 0) is 20.1 Å². The first-order valence-corrected chi connectivity index (χ1v) is 18.6. The Bertz CT molecular complexity index is 3070. The van der Waals surface area contributed by atoms with E-state index in [4.69, 9.17) is 17.6 Å². The van der Waals surface area contributed by atoms with Gasteiger partial charge in [0.1, 0.15) is 0 Å². The third kappa shape index (κ3) is 7.71. The van der Waals surface area contributed by atoms with E-state index in [0.717, 1.165) is 72.5 Å². The van der Waals surface area contributed by atoms with Crippen molar-refractivity contribution in [2.75, 3.05) is 0 Å². The van der Waals surface area contributed by atoms with Gasteiger partial charge >= 0.3 is 0 Å². The van der Waals surface area contributed by atoms with Crippen molar-refractivity contribution in [3.8, 4) is 61.7 Å². The van der Waals surface area contributed by atoms with Crippen LogP contribution in [-0.4, -0.2) is 14.5 Å². The Morgan fingerprint density at radius 2 is 1.24 bits per heavy atom. The minimum atomic E-state index is -2.18. The Kier molecular flexibility index (Phi) is 9.12. The fourth-order valence-electron chi connectivity index (χ4n) is 7.20. The van der Waals surface area contributed by atoms with Crippen LogP contribution in [0.4, 0.5) is 0 Å². The topological polar surface area (TPSA) is 43.9 Å². The summed E-state index contributed by atoms with van der Waals surface area (Å²) in [5.41, 5.74) is 14.2. The molecule has 0 spiro atoms. The number of nitrogens with zero attached hydrogens (tertiary/aromatic N) is 3. The molecular formula is C53H39IrN3O-2. The molecule has 0 saturated heterocycles. The SMILES string of the molecule is Cc1cc(-c2ccccc2)c(-n2c(-c3[c-]oc4cc(-c5ccccc5)ccc34)nc3ccccc32)c(-c2ccccc2)c1.[2H]C([2H])([2H])c1c[c-]c(-c2ccc(C([2H])([2H])[2H])cn2)cc1.[Ir]. The maximum Gasteiger partial charge on any atom is 0.0774 e. The van der Waals surface area contributed by atoms with Crippen molar-refractivity contribution < 1.29 is 32.7 Å². The van der Waals surface area contributed by atoms with Gasteiger partial charge in [0.05, 0.1) is 22.5 Å². The zero-order chi connectivity index (χ0) is 43.7. The molecule has 0 unspecified atom stereocenters. The normalized spacial score (nSPS) is 12.8. The number of aryl methyl sites for hydroxylation is 3. The molecule has 4 nitrogen and oxygen atoms in total. The standard InChI is InChI=1S/C40H27N2O.C13H12N.Ir/c1-27-23-33(29-15-7-3-8-16-29)39(34(24-27)30-17-9-4-10-18-30)42-37-20-12-11-19-36(37)41-40(42)35-26-43-38-25-31(21-22-32(35)38)28-13-5-2-6-14-28;1-10-3-6-12(7-4-10)13-8-5-11(2)9-14-13;/h2-25H,1H3;3-6,8-9H,1-2H3;/q2*-1;/i;1D3,2D3;. The molecule has 0 aliphatic heterocycles. The molecule has 7 aromatic carbocycles. The quantitative estimate of drug-likeness (QED) is 0.156. The van der Waals surface area contributed by atoms with E-state index in [9.17, 15) is 0 Å². The van der Waals surface area contributed by atoms with Crippen LogP contribution in [0.25, 0.3) is 83.7 Å². The molecule has 10 rings (SSSR count). The fraction of sp³-hybridized carbons (Fsp3) is 0.0566. The van der Waals surface area contributed by atoms with Gasteiger partial charge in [-0.2, -0.15) is 0 Å². The molecule has 1 radical (unpaired) electrons. The second-order valence-corrected chi connectivity index (χ2v) is 13.8. The summed E-state index contributed by atoms with van der Waals surface area (Å²) < 4.78 is 52.1. The predicted molar refractivity (Wildman–Crippen MR) is 234 cm³/mol. The van der Waals surface area contributed by atoms with Crippen LogP contribution in [0.2, 0.25) is 0 Å². The smallest absolute Gasteiger partial charge is 0.0774 e. The molecule has 5 heteroatoms. The minimum Gasteiger partial charge on any atom is -0.557 e. The Balaban J connectivity index is 0.000000225. The number of hydrogen-bond acceptors (Lipinski definition) is 3. The predicted octanol–water partition coefficient (Wildman–Crippen LogP) is 13.7. The van der Waals surface area contributed by atoms with Gasteiger partial charge in [0.2, 0.25) is 0 Å². The van der Waals surface area contributed by atoms with Crippen LogP contribution in [0, 0.1) is 33.0 Å². The van der Waals surface area contributed by atoms with E-state index in [1.807, 2.05) is 12.1 Å². The van der Waals surface area contributed by atoms with Crippen LogP contribution in [0.5, 0.6) is 0 Å². The molecule has 3 heterocycles. The van der Waals surface area contributed by atoms with Gasteiger partial charge in [-0.3, -0.25) is 4.98 Å². The number of para-hydroxylation sites is 2. The molecule has 0 fully saturated rings. The van der Waals surface area contributed by atoms with Gasteiger partial charge in [-0.1, -0.05) is 145 Å². The van der Waals surface area contributed by atoms with Crippen molar-refractivity contribution in [2.24, 2.45) is 0 Å². The monoisotopic (exact) mass is 932 g/mol. The summed E-state index contributed by atoms with van der Waals surface area (Å²) >= 11 is 0. The molecule has 0 aliphatic carbocycles. The summed E-state index contributed by atoms with van der Waals surface area (Å²) in [6, 6.07) is 61.3. The minimum absolute atomic E-state index is 0. The Labute approximate surface area is 361 Å². The number of imidazole rings is 1. The van der Waals surface area contributed by atoms with Crippen molar-refractivity contribution in [1.82, 2.24) is 14.5 Å². The zero-order valence-corrected chi connectivity index (χ0v) is 33.8. The molecule has 58 heavy (non-hydrogen) atoms. The van der Waals surface area contributed by atoms with Crippen LogP contribution in [0.3, 0.4) is 0 Å². The van der Waals surface area contributed by atoms with Gasteiger partial charge in [0, 0.05) is 57.5 Å². The van der Waals surface area contributed by atoms with Gasteiger partial charge in [-0.15, -0.1) is 41.5 Å². The molecule has 0 atom stereocenters. The number of aromatic nitrogens is 3. The molecule has 0 N–H and O–H groups in total. The molecule has 10 aromatic rings. The van der Waals surface area contributed by atoms with Crippen LogP contribution in [0.1, 0.15) is 24.9 Å². The molecule has 3 aromatic heterocycles. The summed E-state index contributed by atoms with van der Waals surface area (Å²) in [5, 5.41) is 0.978. The van der Waals surface area contributed by atoms with Crippen molar-refractivity contribution in [3.05, 3.63) is 211 Å². The van der Waals surface area contributed by atoms with Crippen molar-refractivity contribution in [2.45, 2.75) is 20.6 Å². The summed E-state index contributed by atoms with van der Waals surface area (Å²) in [7, 11) is 0. The van der Waals surface area contributed by atoms with E-state index < -0.39 is 13.7 Å². The van der Waals surface area contributed by atoms with Gasteiger partial charge in [-0.05, 0) is 77.1 Å².